The van der Waals surface area contributed by atoms with E-state index in [9.17, 15) is 0 Å². The van der Waals surface area contributed by atoms with Crippen molar-refractivity contribution in [1.82, 2.24) is 0 Å². The fourth-order valence-electron chi connectivity index (χ4n) is 1.89. The van der Waals surface area contributed by atoms with Crippen molar-refractivity contribution in [2.45, 2.75) is 12.8 Å². The Balaban J connectivity index is -0.000000238. The molecule has 0 spiro atoms. The second-order valence-corrected chi connectivity index (χ2v) is 6.37. The molecule has 0 aliphatic heterocycles. The Morgan fingerprint density at radius 3 is 1.23 bits per heavy atom. The van der Waals surface area contributed by atoms with Gasteiger partial charge in [0.15, 0.2) is 0 Å². The van der Waals surface area contributed by atoms with Gasteiger partial charge in [-0.25, -0.2) is 0 Å². The first-order valence-corrected chi connectivity index (χ1v) is 8.43. The van der Waals surface area contributed by atoms with Gasteiger partial charge in [-0.3, -0.25) is 0 Å². The summed E-state index contributed by atoms with van der Waals surface area (Å²) in [6.45, 7) is 22.0. The normalized spacial score (nSPS) is 7.31. The molecular weight excluding hydrogens is 390 g/mol. The van der Waals surface area contributed by atoms with Gasteiger partial charge in [-0.05, 0) is 24.7 Å². The Bertz CT molecular complexity index is 531. The van der Waals surface area contributed by atoms with E-state index in [0.29, 0.717) is 0 Å². The Hall–Kier alpha value is -1.65. The van der Waals surface area contributed by atoms with Crippen LogP contribution in [-0.2, 0) is 35.7 Å². The molecule has 0 N–H and O–H groups in total. The molecule has 135 valence electrons. The minimum atomic E-state index is -0.197. The van der Waals surface area contributed by atoms with Crippen LogP contribution >= 0.6 is 7.92 Å². The second kappa shape index (κ2) is 28.2. The van der Waals surface area contributed by atoms with E-state index < -0.39 is 0 Å². The first-order chi connectivity index (χ1) is 12.4. The van der Waals surface area contributed by atoms with E-state index in [1.165, 1.54) is 23.2 Å². The van der Waals surface area contributed by atoms with Crippen molar-refractivity contribution in [3.8, 4) is 0 Å². The fourth-order valence-corrected chi connectivity index (χ4v) is 4.31. The van der Waals surface area contributed by atoms with Crippen molar-refractivity contribution in [2.75, 3.05) is 6.16 Å². The largest absolute Gasteiger partial charge is 0.343 e. The topological polar surface area (TPSA) is 79.6 Å². The van der Waals surface area contributed by atoms with Crippen LogP contribution in [0, 0.1) is 33.5 Å². The van der Waals surface area contributed by atoms with E-state index in [-0.39, 0.29) is 25.0 Å². The maximum Gasteiger partial charge on any atom is 0 e. The van der Waals surface area contributed by atoms with E-state index in [0.717, 1.165) is 6.42 Å². The predicted octanol–water partition coefficient (Wildman–Crippen LogP) is 3.58. The van der Waals surface area contributed by atoms with E-state index in [4.69, 9.17) is 18.6 Å². The van der Waals surface area contributed by atoms with Crippen LogP contribution in [0.15, 0.2) is 60.7 Å². The molecule has 0 unspecified atom stereocenters. The molecule has 0 aromatic heterocycles. The molecule has 0 saturated carbocycles. The zero-order chi connectivity index (χ0) is 19.9. The molecule has 2 rings (SSSR count). The Morgan fingerprint density at radius 1 is 0.654 bits per heavy atom. The van der Waals surface area contributed by atoms with Crippen LogP contribution in [-0.4, -0.2) is 6.16 Å². The molecule has 26 heavy (non-hydrogen) atoms. The molecule has 0 bridgehead atoms. The minimum Gasteiger partial charge on any atom is -0.343 e. The molecule has 4 nitrogen and oxygen atoms in total. The SMILES string of the molecule is [C-]#[O+].[C-]#[O+].[C-]#[O+].[C-]#[O+].[CH2-]CCCP(c1ccccc1)c1ccccc1.[Mn]. The molecule has 0 atom stereocenters. The van der Waals surface area contributed by atoms with Crippen molar-refractivity contribution >= 4 is 18.5 Å². The smallest absolute Gasteiger partial charge is 0 e. The van der Waals surface area contributed by atoms with E-state index in [1.54, 1.807) is 0 Å². The fraction of sp³-hybridized carbons (Fsp3) is 0.150. The molecule has 0 fully saturated rings. The van der Waals surface area contributed by atoms with Gasteiger partial charge in [0, 0.05) is 17.1 Å². The molecule has 0 aliphatic rings. The quantitative estimate of drug-likeness (QED) is 0.314. The van der Waals surface area contributed by atoms with Crippen molar-refractivity contribution in [3.05, 3.63) is 94.2 Å². The van der Waals surface area contributed by atoms with Crippen LogP contribution in [0.3, 0.4) is 0 Å². The third-order valence-corrected chi connectivity index (χ3v) is 5.37. The molecule has 0 saturated heterocycles. The Morgan fingerprint density at radius 2 is 0.962 bits per heavy atom. The third kappa shape index (κ3) is 14.7. The summed E-state index contributed by atoms with van der Waals surface area (Å²) in [6.07, 6.45) is 3.47. The second-order valence-electron chi connectivity index (χ2n) is 4.03. The van der Waals surface area contributed by atoms with Gasteiger partial charge in [0.05, 0.1) is 0 Å². The molecular formula is C20H18MnO4P-. The van der Waals surface area contributed by atoms with Crippen LogP contribution in [0.1, 0.15) is 12.8 Å². The van der Waals surface area contributed by atoms with Crippen LogP contribution < -0.4 is 10.6 Å². The molecule has 0 amide bonds. The maximum absolute atomic E-state index is 7.50. The maximum atomic E-state index is 7.50. The third-order valence-electron chi connectivity index (χ3n) is 2.77. The van der Waals surface area contributed by atoms with Gasteiger partial charge in [0.1, 0.15) is 0 Å². The zero-order valence-corrected chi connectivity index (χ0v) is 16.1. The number of benzene rings is 2. The summed E-state index contributed by atoms with van der Waals surface area (Å²) >= 11 is 0. The number of hydrogen-bond acceptors (Lipinski definition) is 0. The predicted molar refractivity (Wildman–Crippen MR) is 94.2 cm³/mol. The molecule has 1 radical (unpaired) electrons. The van der Waals surface area contributed by atoms with E-state index in [2.05, 4.69) is 94.2 Å². The monoisotopic (exact) mass is 408 g/mol. The molecule has 6 heteroatoms. The van der Waals surface area contributed by atoms with Crippen LogP contribution in [0.25, 0.3) is 0 Å². The summed E-state index contributed by atoms with van der Waals surface area (Å²) < 4.78 is 30.0. The minimum absolute atomic E-state index is 0. The summed E-state index contributed by atoms with van der Waals surface area (Å²) in [7, 11) is -0.197. The number of unbranched alkanes of at least 4 members (excludes halogenated alkanes) is 1. The summed E-state index contributed by atoms with van der Waals surface area (Å²) in [5.41, 5.74) is 0. The molecule has 0 heterocycles. The van der Waals surface area contributed by atoms with Gasteiger partial charge in [0.25, 0.3) is 0 Å². The van der Waals surface area contributed by atoms with Gasteiger partial charge in [-0.2, -0.15) is 6.42 Å². The van der Waals surface area contributed by atoms with Crippen molar-refractivity contribution in [2.24, 2.45) is 0 Å². The average molecular weight is 408 g/mol. The van der Waals surface area contributed by atoms with Crippen LogP contribution in [0.2, 0.25) is 0 Å². The summed E-state index contributed by atoms with van der Waals surface area (Å²) in [4.78, 5) is 0. The van der Waals surface area contributed by atoms with Gasteiger partial charge >= 0.3 is 45.2 Å². The van der Waals surface area contributed by atoms with Gasteiger partial charge < -0.3 is 6.92 Å². The zero-order valence-electron chi connectivity index (χ0n) is 14.1. The van der Waals surface area contributed by atoms with E-state index >= 15 is 0 Å². The first kappa shape index (κ1) is 32.1. The average Bonchev–Trinajstić information content (AvgIpc) is 2.76. The Kier molecular flexibility index (Phi) is 34.7. The number of rotatable bonds is 5. The van der Waals surface area contributed by atoms with Crippen molar-refractivity contribution in [3.63, 3.8) is 0 Å². The van der Waals surface area contributed by atoms with E-state index in [1.807, 2.05) is 0 Å². The number of hydrogen-bond donors (Lipinski definition) is 0. The van der Waals surface area contributed by atoms with Crippen LogP contribution in [0.5, 0.6) is 0 Å². The molecule has 2 aromatic carbocycles. The van der Waals surface area contributed by atoms with Crippen molar-refractivity contribution < 1.29 is 35.7 Å². The molecule has 2 aromatic rings. The van der Waals surface area contributed by atoms with Crippen LogP contribution in [0.4, 0.5) is 0 Å². The van der Waals surface area contributed by atoms with Gasteiger partial charge in [-0.15, -0.1) is 0 Å². The van der Waals surface area contributed by atoms with Gasteiger partial charge in [0.2, 0.25) is 0 Å². The molecule has 0 aliphatic carbocycles. The van der Waals surface area contributed by atoms with Gasteiger partial charge in [-0.1, -0.05) is 67.1 Å². The standard InChI is InChI=1S/C16H18P.4CO.Mn/c1-2-3-14-17(15-10-6-4-7-11-15)16-12-8-5-9-13-16;4*1-2;/h4-13H,1-3,14H2;;;;;/q-1;;;;;. The first-order valence-electron chi connectivity index (χ1n) is 6.90. The summed E-state index contributed by atoms with van der Waals surface area (Å²) in [5, 5.41) is 2.95. The summed E-state index contributed by atoms with van der Waals surface area (Å²) in [6, 6.07) is 21.7. The Labute approximate surface area is 167 Å². The summed E-state index contributed by atoms with van der Waals surface area (Å²) in [5.74, 6) is 0. The van der Waals surface area contributed by atoms with Crippen molar-refractivity contribution in [1.29, 1.82) is 0 Å².